The van der Waals surface area contributed by atoms with Crippen LogP contribution in [0.2, 0.25) is 0 Å². The minimum atomic E-state index is -0.758. The minimum absolute atomic E-state index is 0.0695. The highest BCUT2D eigenvalue weighted by atomic mass is 32.2. The molecule has 14 heavy (non-hydrogen) atoms. The van der Waals surface area contributed by atoms with Crippen LogP contribution >= 0.6 is 11.9 Å². The van der Waals surface area contributed by atoms with Crippen molar-refractivity contribution in [2.75, 3.05) is 12.4 Å². The molecule has 0 aromatic rings. The van der Waals surface area contributed by atoms with E-state index in [2.05, 4.69) is 9.13 Å². The van der Waals surface area contributed by atoms with Crippen LogP contribution in [0, 0.1) is 11.3 Å². The highest BCUT2D eigenvalue weighted by molar-refractivity contribution is 7.98. The fraction of sp³-hybridized carbons (Fsp3) is 0.500. The van der Waals surface area contributed by atoms with E-state index in [9.17, 15) is 9.59 Å². The van der Waals surface area contributed by atoms with Crippen molar-refractivity contribution in [1.29, 1.82) is 5.26 Å². The quantitative estimate of drug-likeness (QED) is 0.383. The standard InChI is InChI=1S/C8H10N2O3S/c1-3-13-8(12)7(4-9)10-14-5-6(2)11/h3,5H2,1-2H3/b10-7+. The van der Waals surface area contributed by atoms with Crippen molar-refractivity contribution in [3.8, 4) is 6.07 Å². The summed E-state index contributed by atoms with van der Waals surface area (Å²) in [6.45, 7) is 3.23. The van der Waals surface area contributed by atoms with Crippen LogP contribution in [0.5, 0.6) is 0 Å². The Balaban J connectivity index is 4.20. The molecule has 5 nitrogen and oxygen atoms in total. The summed E-state index contributed by atoms with van der Waals surface area (Å²) in [4.78, 5) is 21.5. The molecular formula is C8H10N2O3S. The second kappa shape index (κ2) is 7.09. The lowest BCUT2D eigenvalue weighted by Crippen LogP contribution is -2.15. The first-order valence-electron chi connectivity index (χ1n) is 3.88. The molecule has 0 amide bonds. The molecule has 76 valence electrons. The van der Waals surface area contributed by atoms with E-state index in [1.165, 1.54) is 6.92 Å². The first kappa shape index (κ1) is 12.7. The van der Waals surface area contributed by atoms with Crippen molar-refractivity contribution < 1.29 is 14.3 Å². The maximum Gasteiger partial charge on any atom is 0.368 e. The Hall–Kier alpha value is -1.35. The van der Waals surface area contributed by atoms with Gasteiger partial charge in [0.05, 0.1) is 12.4 Å². The number of esters is 1. The third-order valence-electron chi connectivity index (χ3n) is 0.998. The molecule has 0 heterocycles. The van der Waals surface area contributed by atoms with Gasteiger partial charge in [0.2, 0.25) is 5.71 Å². The third-order valence-corrected chi connectivity index (χ3v) is 1.85. The lowest BCUT2D eigenvalue weighted by atomic mass is 10.4. The number of nitriles is 1. The zero-order chi connectivity index (χ0) is 11.0. The summed E-state index contributed by atoms with van der Waals surface area (Å²) in [5.41, 5.74) is -0.321. The molecule has 0 N–H and O–H groups in total. The van der Waals surface area contributed by atoms with Gasteiger partial charge in [0.25, 0.3) is 0 Å². The van der Waals surface area contributed by atoms with E-state index in [1.54, 1.807) is 13.0 Å². The van der Waals surface area contributed by atoms with Crippen LogP contribution in [0.3, 0.4) is 0 Å². The van der Waals surface area contributed by atoms with Crippen molar-refractivity contribution in [3.63, 3.8) is 0 Å². The molecule has 0 aliphatic heterocycles. The molecule has 0 saturated carbocycles. The van der Waals surface area contributed by atoms with Crippen LogP contribution in [0.1, 0.15) is 13.8 Å². The zero-order valence-corrected chi connectivity index (χ0v) is 8.76. The number of nitrogens with zero attached hydrogens (tertiary/aromatic N) is 2. The number of carbonyl (C=O) groups excluding carboxylic acids is 2. The average Bonchev–Trinajstić information content (AvgIpc) is 2.12. The van der Waals surface area contributed by atoms with Crippen molar-refractivity contribution in [2.24, 2.45) is 4.40 Å². The maximum atomic E-state index is 11.0. The predicted molar refractivity (Wildman–Crippen MR) is 52.8 cm³/mol. The van der Waals surface area contributed by atoms with Gasteiger partial charge in [0, 0.05) is 0 Å². The Morgan fingerprint density at radius 1 is 1.57 bits per heavy atom. The van der Waals surface area contributed by atoms with Crippen LogP contribution < -0.4 is 0 Å². The molecule has 0 atom stereocenters. The Morgan fingerprint density at radius 2 is 2.21 bits per heavy atom. The summed E-state index contributed by atoms with van der Waals surface area (Å²) in [5, 5.41) is 8.51. The lowest BCUT2D eigenvalue weighted by Gasteiger charge is -1.97. The van der Waals surface area contributed by atoms with Crippen LogP contribution in [-0.2, 0) is 14.3 Å². The fourth-order valence-electron chi connectivity index (χ4n) is 0.491. The molecule has 0 radical (unpaired) electrons. The first-order valence-corrected chi connectivity index (χ1v) is 4.82. The van der Waals surface area contributed by atoms with E-state index in [0.29, 0.717) is 0 Å². The Morgan fingerprint density at radius 3 is 2.64 bits per heavy atom. The SMILES string of the molecule is CCOC(=O)/C(C#N)=N/SCC(C)=O. The van der Waals surface area contributed by atoms with E-state index >= 15 is 0 Å². The Bertz CT molecular complexity index is 293. The maximum absolute atomic E-state index is 11.0. The number of hydrogen-bond acceptors (Lipinski definition) is 6. The smallest absolute Gasteiger partial charge is 0.368 e. The summed E-state index contributed by atoms with van der Waals surface area (Å²) in [7, 11) is 0. The zero-order valence-electron chi connectivity index (χ0n) is 7.94. The van der Waals surface area contributed by atoms with E-state index in [0.717, 1.165) is 11.9 Å². The number of carbonyl (C=O) groups is 2. The van der Waals surface area contributed by atoms with Gasteiger partial charge in [-0.05, 0) is 25.8 Å². The van der Waals surface area contributed by atoms with Crippen molar-refractivity contribution in [3.05, 3.63) is 0 Å². The normalized spacial score (nSPS) is 10.5. The molecule has 0 aliphatic carbocycles. The van der Waals surface area contributed by atoms with Gasteiger partial charge in [-0.3, -0.25) is 4.79 Å². The van der Waals surface area contributed by atoms with Crippen LogP contribution in [0.25, 0.3) is 0 Å². The first-order chi connectivity index (χ1) is 6.61. The molecule has 0 unspecified atom stereocenters. The van der Waals surface area contributed by atoms with E-state index < -0.39 is 5.97 Å². The predicted octanol–water partition coefficient (Wildman–Crippen LogP) is 0.751. The molecule has 6 heteroatoms. The molecule has 0 bridgehead atoms. The number of hydrogen-bond donors (Lipinski definition) is 0. The minimum Gasteiger partial charge on any atom is -0.461 e. The van der Waals surface area contributed by atoms with Gasteiger partial charge in [-0.15, -0.1) is 0 Å². The van der Waals surface area contributed by atoms with E-state index in [4.69, 9.17) is 5.26 Å². The topological polar surface area (TPSA) is 79.5 Å². The highest BCUT2D eigenvalue weighted by Crippen LogP contribution is 2.03. The van der Waals surface area contributed by atoms with Gasteiger partial charge in [-0.2, -0.15) is 9.66 Å². The van der Waals surface area contributed by atoms with Gasteiger partial charge in [-0.1, -0.05) is 0 Å². The van der Waals surface area contributed by atoms with Crippen LogP contribution in [0.15, 0.2) is 4.40 Å². The Labute approximate surface area is 86.3 Å². The Kier molecular flexibility index (Phi) is 6.41. The molecule has 0 aromatic heterocycles. The van der Waals surface area contributed by atoms with Gasteiger partial charge in [0.15, 0.2) is 0 Å². The third kappa shape index (κ3) is 5.32. The van der Waals surface area contributed by atoms with Gasteiger partial charge in [0.1, 0.15) is 11.9 Å². The molecule has 0 spiro atoms. The highest BCUT2D eigenvalue weighted by Gasteiger charge is 2.11. The molecule has 0 aromatic carbocycles. The fourth-order valence-corrected chi connectivity index (χ4v) is 0.981. The van der Waals surface area contributed by atoms with Gasteiger partial charge in [-0.25, -0.2) is 4.79 Å². The van der Waals surface area contributed by atoms with Crippen molar-refractivity contribution >= 4 is 29.4 Å². The second-order valence-electron chi connectivity index (χ2n) is 2.25. The van der Waals surface area contributed by atoms with Gasteiger partial charge >= 0.3 is 5.97 Å². The lowest BCUT2D eigenvalue weighted by molar-refractivity contribution is -0.134. The monoisotopic (exact) mass is 214 g/mol. The summed E-state index contributed by atoms with van der Waals surface area (Å²) in [5.74, 6) is -0.684. The molecule has 0 fully saturated rings. The molecular weight excluding hydrogens is 204 g/mol. The summed E-state index contributed by atoms with van der Waals surface area (Å²) < 4.78 is 8.14. The summed E-state index contributed by atoms with van der Waals surface area (Å²) in [6, 6.07) is 1.60. The van der Waals surface area contributed by atoms with E-state index in [1.807, 2.05) is 0 Å². The van der Waals surface area contributed by atoms with Crippen LogP contribution in [0.4, 0.5) is 0 Å². The molecule has 0 aliphatic rings. The summed E-state index contributed by atoms with van der Waals surface area (Å²) in [6.07, 6.45) is 0. The number of ether oxygens (including phenoxy) is 1. The van der Waals surface area contributed by atoms with Crippen molar-refractivity contribution in [1.82, 2.24) is 0 Å². The number of ketones is 1. The largest absolute Gasteiger partial charge is 0.461 e. The summed E-state index contributed by atoms with van der Waals surface area (Å²) >= 11 is 0.863. The second-order valence-corrected chi connectivity index (χ2v) is 2.98. The van der Waals surface area contributed by atoms with Gasteiger partial charge < -0.3 is 4.74 Å². The van der Waals surface area contributed by atoms with Crippen LogP contribution in [-0.4, -0.2) is 29.8 Å². The number of Topliss-reactive ketones (excluding diaryl/α,β-unsaturated/α-hetero) is 1. The average molecular weight is 214 g/mol. The van der Waals surface area contributed by atoms with E-state index in [-0.39, 0.29) is 23.9 Å². The van der Waals surface area contributed by atoms with Crippen molar-refractivity contribution in [2.45, 2.75) is 13.8 Å². The molecule has 0 rings (SSSR count). The number of rotatable bonds is 5. The molecule has 0 saturated heterocycles.